The molecule has 52 valence electrons. The van der Waals surface area contributed by atoms with Gasteiger partial charge in [-0.3, -0.25) is 8.42 Å². The zero-order valence-electron chi connectivity index (χ0n) is 4.35. The summed E-state index contributed by atoms with van der Waals surface area (Å²) < 4.78 is 34.1. The minimum Gasteiger partial charge on any atom is -0.870 e. The summed E-state index contributed by atoms with van der Waals surface area (Å²) in [6.45, 7) is 0. The van der Waals surface area contributed by atoms with Crippen LogP contribution in [0.15, 0.2) is 0 Å². The Balaban J connectivity index is -0.00000000800. The smallest absolute Gasteiger partial charge is 0.870 e. The molecule has 0 heterocycles. The maximum atomic E-state index is 8.52. The number of hydrogen-bond donors (Lipinski definition) is 0. The summed E-state index contributed by atoms with van der Waals surface area (Å²) in [5.41, 5.74) is 0. The van der Waals surface area contributed by atoms with Crippen molar-refractivity contribution in [2.24, 2.45) is 0 Å². The fraction of sp³-hybridized carbons (Fsp3) is 0. The van der Waals surface area contributed by atoms with Crippen molar-refractivity contribution in [1.29, 1.82) is 0 Å². The molecule has 10 heavy (non-hydrogen) atoms. The van der Waals surface area contributed by atoms with Crippen LogP contribution in [0.5, 0.6) is 0 Å². The van der Waals surface area contributed by atoms with Gasteiger partial charge in [0.1, 0.15) is 0 Å². The molecule has 10 heteroatoms. The van der Waals surface area contributed by atoms with Gasteiger partial charge in [-0.2, -0.15) is 0 Å². The molecule has 0 unspecified atom stereocenters. The maximum Gasteiger partial charge on any atom is 2.00 e. The van der Waals surface area contributed by atoms with Crippen LogP contribution >= 0.6 is 0 Å². The van der Waals surface area contributed by atoms with Crippen molar-refractivity contribution in [3.63, 3.8) is 0 Å². The SMILES string of the molecule is O=S(=O)([O-])[O-].[CaH2].[Mg+2].[OH-].[OH-].[Sr+2]. The molecule has 0 bridgehead atoms. The van der Waals surface area contributed by atoms with Gasteiger partial charge in [0.15, 0.2) is 0 Å². The topological polar surface area (TPSA) is 140 Å². The van der Waals surface area contributed by atoms with Crippen LogP contribution in [0, 0.1) is 0 Å². The monoisotopic (exact) mass is 284 g/mol. The molecule has 2 N–H and O–H groups in total. The van der Waals surface area contributed by atoms with E-state index in [1.165, 1.54) is 0 Å². The van der Waals surface area contributed by atoms with Crippen molar-refractivity contribution in [3.05, 3.63) is 0 Å². The number of rotatable bonds is 0. The molecule has 0 rings (SSSR count). The van der Waals surface area contributed by atoms with Gasteiger partial charge in [0, 0.05) is 10.4 Å². The molecule has 0 spiro atoms. The average Bonchev–Trinajstić information content (AvgIpc) is 0.722. The summed E-state index contributed by atoms with van der Waals surface area (Å²) >= 11 is 0. The van der Waals surface area contributed by atoms with Crippen molar-refractivity contribution in [2.45, 2.75) is 0 Å². The average molecular weight is 284 g/mol. The molecule has 0 amide bonds. The molecule has 0 fully saturated rings. The van der Waals surface area contributed by atoms with Crippen LogP contribution in [-0.4, -0.2) is 135 Å². The fourth-order valence-electron chi connectivity index (χ4n) is 0. The van der Waals surface area contributed by atoms with Crippen LogP contribution in [-0.2, 0) is 10.4 Å². The molecule has 0 aliphatic carbocycles. The van der Waals surface area contributed by atoms with E-state index in [0.29, 0.717) is 0 Å². The van der Waals surface area contributed by atoms with Crippen molar-refractivity contribution in [2.75, 3.05) is 0 Å². The minimum absolute atomic E-state index is 0. The zero-order valence-corrected chi connectivity index (χ0v) is 10.1. The zero-order chi connectivity index (χ0) is 4.50. The first-order chi connectivity index (χ1) is 2.00. The molecule has 6 nitrogen and oxygen atoms in total. The van der Waals surface area contributed by atoms with Gasteiger partial charge in [-0.05, 0) is 0 Å². The second-order valence-electron chi connectivity index (χ2n) is 0.408. The van der Waals surface area contributed by atoms with E-state index < -0.39 is 10.4 Å². The van der Waals surface area contributed by atoms with Crippen LogP contribution in [0.2, 0.25) is 0 Å². The molecular formula is H4CaMgO6SSr. The Morgan fingerprint density at radius 2 is 1.00 bits per heavy atom. The Morgan fingerprint density at radius 1 is 1.00 bits per heavy atom. The Morgan fingerprint density at radius 3 is 1.00 bits per heavy atom. The third kappa shape index (κ3) is 110. The van der Waals surface area contributed by atoms with E-state index >= 15 is 0 Å². The van der Waals surface area contributed by atoms with Gasteiger partial charge in [0.2, 0.25) is 0 Å². The molecule has 0 radical (unpaired) electrons. The summed E-state index contributed by atoms with van der Waals surface area (Å²) in [6, 6.07) is 0. The Hall–Kier alpha value is 3.30. The molecule has 0 aromatic carbocycles. The second-order valence-corrected chi connectivity index (χ2v) is 1.22. The van der Waals surface area contributed by atoms with Crippen molar-refractivity contribution >= 4 is 117 Å². The van der Waals surface area contributed by atoms with E-state index in [0.717, 1.165) is 0 Å². The van der Waals surface area contributed by atoms with E-state index in [1.807, 2.05) is 0 Å². The summed E-state index contributed by atoms with van der Waals surface area (Å²) in [6.07, 6.45) is 0. The van der Waals surface area contributed by atoms with Crippen LogP contribution in [0.4, 0.5) is 0 Å². The first-order valence-corrected chi connectivity index (χ1v) is 2.00. The Labute approximate surface area is 142 Å². The third-order valence-electron chi connectivity index (χ3n) is 0. The number of hydrogen-bond acceptors (Lipinski definition) is 6. The van der Waals surface area contributed by atoms with Crippen molar-refractivity contribution in [3.8, 4) is 0 Å². The minimum atomic E-state index is -5.17. The molecule has 0 aliphatic heterocycles. The van der Waals surface area contributed by atoms with E-state index in [9.17, 15) is 0 Å². The molecular weight excluding hydrogens is 280 g/mol. The van der Waals surface area contributed by atoms with Crippen LogP contribution in [0.1, 0.15) is 0 Å². The van der Waals surface area contributed by atoms with E-state index in [1.54, 1.807) is 0 Å². The second kappa shape index (κ2) is 18.2. The summed E-state index contributed by atoms with van der Waals surface area (Å²) in [5, 5.41) is 0. The van der Waals surface area contributed by atoms with Gasteiger partial charge in [0.05, 0.1) is 0 Å². The van der Waals surface area contributed by atoms with E-state index in [2.05, 4.69) is 0 Å². The third-order valence-corrected chi connectivity index (χ3v) is 0. The van der Waals surface area contributed by atoms with Crippen molar-refractivity contribution < 1.29 is 28.5 Å². The van der Waals surface area contributed by atoms with Crippen LogP contribution < -0.4 is 0 Å². The summed E-state index contributed by atoms with van der Waals surface area (Å²) in [7, 11) is -5.17. The predicted molar refractivity (Wildman–Crippen MR) is 34.4 cm³/mol. The standard InChI is InChI=1S/Ca.Mg.H2O4S.2H2O.Sr.2H/c;;1-5(2,3)4;;;;;/h;;(H2,1,2,3,4);2*1H2;;;/q;+2;;;;+2;;/p-4. The van der Waals surface area contributed by atoms with E-state index in [-0.39, 0.29) is 117 Å². The fourth-order valence-corrected chi connectivity index (χ4v) is 0. The first kappa shape index (κ1) is 37.8. The largest absolute Gasteiger partial charge is 2.00 e. The van der Waals surface area contributed by atoms with Gasteiger partial charge in [-0.25, -0.2) is 0 Å². The predicted octanol–water partition coefficient (Wildman–Crippen LogP) is -3.37. The molecule has 0 atom stereocenters. The normalized spacial score (nSPS) is 5.80. The first-order valence-electron chi connectivity index (χ1n) is 0.667. The summed E-state index contributed by atoms with van der Waals surface area (Å²) in [5.74, 6) is 0. The quantitative estimate of drug-likeness (QED) is 0.258. The van der Waals surface area contributed by atoms with Gasteiger partial charge in [-0.15, -0.1) is 0 Å². The van der Waals surface area contributed by atoms with Gasteiger partial charge >= 0.3 is 106 Å². The van der Waals surface area contributed by atoms with Gasteiger partial charge < -0.3 is 20.1 Å². The molecule has 0 saturated heterocycles. The molecule has 0 aromatic rings. The van der Waals surface area contributed by atoms with Crippen LogP contribution in [0.25, 0.3) is 0 Å². The Kier molecular flexibility index (Phi) is 68.6. The summed E-state index contributed by atoms with van der Waals surface area (Å²) in [4.78, 5) is 0. The van der Waals surface area contributed by atoms with Gasteiger partial charge in [0.25, 0.3) is 0 Å². The van der Waals surface area contributed by atoms with Crippen molar-refractivity contribution in [1.82, 2.24) is 0 Å². The Bertz CT molecular complexity index is 101. The van der Waals surface area contributed by atoms with E-state index in [4.69, 9.17) is 17.5 Å². The maximum absolute atomic E-state index is 8.52. The molecule has 0 aromatic heterocycles. The van der Waals surface area contributed by atoms with Gasteiger partial charge in [-0.1, -0.05) is 0 Å². The van der Waals surface area contributed by atoms with Crippen LogP contribution in [0.3, 0.4) is 0 Å². The molecule has 0 saturated carbocycles. The molecule has 0 aliphatic rings.